The highest BCUT2D eigenvalue weighted by atomic mass is 19.2. The zero-order valence-corrected chi connectivity index (χ0v) is 8.47. The lowest BCUT2D eigenvalue weighted by molar-refractivity contribution is -0.119. The van der Waals surface area contributed by atoms with Gasteiger partial charge in [-0.05, 0) is 0 Å². The average molecular weight is 225 g/mol. The van der Waals surface area contributed by atoms with Gasteiger partial charge in [-0.2, -0.15) is 0 Å². The van der Waals surface area contributed by atoms with Gasteiger partial charge in [-0.1, -0.05) is 0 Å². The van der Waals surface area contributed by atoms with Gasteiger partial charge in [0.05, 0.1) is 17.6 Å². The third-order valence-corrected chi connectivity index (χ3v) is 2.08. The first-order chi connectivity index (χ1) is 7.56. The molecule has 0 saturated carbocycles. The van der Waals surface area contributed by atoms with E-state index in [-0.39, 0.29) is 12.5 Å². The van der Waals surface area contributed by atoms with Crippen molar-refractivity contribution in [2.75, 3.05) is 0 Å². The Morgan fingerprint density at radius 2 is 2.12 bits per heavy atom. The first-order valence-corrected chi connectivity index (χ1v) is 4.64. The topological polar surface area (TPSA) is 57.8 Å². The van der Waals surface area contributed by atoms with E-state index in [0.717, 1.165) is 12.1 Å². The average Bonchev–Trinajstić information content (AvgIpc) is 2.58. The molecule has 0 radical (unpaired) electrons. The lowest BCUT2D eigenvalue weighted by Crippen LogP contribution is -2.19. The summed E-state index contributed by atoms with van der Waals surface area (Å²) >= 11 is 0. The van der Waals surface area contributed by atoms with Crippen molar-refractivity contribution >= 4 is 16.9 Å². The van der Waals surface area contributed by atoms with Crippen LogP contribution >= 0.6 is 0 Å². The molecule has 0 atom stereocenters. The molecule has 1 aromatic heterocycles. The van der Waals surface area contributed by atoms with Crippen molar-refractivity contribution in [1.29, 1.82) is 0 Å². The van der Waals surface area contributed by atoms with Gasteiger partial charge in [0.1, 0.15) is 5.82 Å². The van der Waals surface area contributed by atoms with Crippen LogP contribution < -0.4 is 5.32 Å². The van der Waals surface area contributed by atoms with Crippen LogP contribution in [0.15, 0.2) is 12.1 Å². The molecule has 1 amide bonds. The van der Waals surface area contributed by atoms with E-state index in [0.29, 0.717) is 16.9 Å². The normalized spacial score (nSPS) is 10.7. The summed E-state index contributed by atoms with van der Waals surface area (Å²) in [5.41, 5.74) is 0.735. The Bertz CT molecular complexity index is 511. The van der Waals surface area contributed by atoms with Gasteiger partial charge in [-0.15, -0.1) is 0 Å². The molecular weight excluding hydrogens is 216 g/mol. The minimum atomic E-state index is -0.940. The van der Waals surface area contributed by atoms with Gasteiger partial charge in [0, 0.05) is 19.1 Å². The Hall–Kier alpha value is -1.98. The number of amides is 1. The van der Waals surface area contributed by atoms with Crippen LogP contribution in [0.4, 0.5) is 8.78 Å². The molecule has 0 fully saturated rings. The number of halogens is 2. The Labute approximate surface area is 89.7 Å². The third kappa shape index (κ3) is 2.00. The third-order valence-electron chi connectivity index (χ3n) is 2.08. The van der Waals surface area contributed by atoms with Gasteiger partial charge < -0.3 is 10.3 Å². The largest absolute Gasteiger partial charge is 0.349 e. The molecule has 0 aliphatic heterocycles. The number of nitrogens with zero attached hydrogens (tertiary/aromatic N) is 1. The van der Waals surface area contributed by atoms with Crippen molar-refractivity contribution in [3.63, 3.8) is 0 Å². The molecule has 0 spiro atoms. The van der Waals surface area contributed by atoms with E-state index in [2.05, 4.69) is 15.3 Å². The standard InChI is InChI=1S/C10H9F2N3O/c1-5(16)13-4-10-14-8-2-6(11)7(12)3-9(8)15-10/h2-3H,4H2,1H3,(H,13,16)(H,14,15). The summed E-state index contributed by atoms with van der Waals surface area (Å²) in [6.45, 7) is 1.58. The second-order valence-electron chi connectivity index (χ2n) is 3.38. The summed E-state index contributed by atoms with van der Waals surface area (Å²) < 4.78 is 25.8. The fourth-order valence-electron chi connectivity index (χ4n) is 1.35. The lowest BCUT2D eigenvalue weighted by Gasteiger charge is -1.95. The molecule has 2 aromatic rings. The zero-order valence-electron chi connectivity index (χ0n) is 8.47. The molecule has 6 heteroatoms. The number of imidazole rings is 1. The number of fused-ring (bicyclic) bond motifs is 1. The molecule has 2 N–H and O–H groups in total. The minimum absolute atomic E-state index is 0.196. The zero-order chi connectivity index (χ0) is 11.7. The smallest absolute Gasteiger partial charge is 0.217 e. The van der Waals surface area contributed by atoms with Gasteiger partial charge in [-0.3, -0.25) is 4.79 Å². The van der Waals surface area contributed by atoms with Crippen LogP contribution in [-0.2, 0) is 11.3 Å². The number of hydrogen-bond acceptors (Lipinski definition) is 2. The van der Waals surface area contributed by atoms with Gasteiger partial charge in [-0.25, -0.2) is 13.8 Å². The van der Waals surface area contributed by atoms with Gasteiger partial charge in [0.25, 0.3) is 0 Å². The second-order valence-corrected chi connectivity index (χ2v) is 3.38. The molecule has 0 bridgehead atoms. The highest BCUT2D eigenvalue weighted by Crippen LogP contribution is 2.16. The Balaban J connectivity index is 2.33. The van der Waals surface area contributed by atoms with Crippen molar-refractivity contribution in [3.05, 3.63) is 29.6 Å². The number of aromatic nitrogens is 2. The van der Waals surface area contributed by atoms with Crippen LogP contribution in [0.3, 0.4) is 0 Å². The minimum Gasteiger partial charge on any atom is -0.349 e. The Morgan fingerprint density at radius 3 is 2.81 bits per heavy atom. The Kier molecular flexibility index (Phi) is 2.55. The fraction of sp³-hybridized carbons (Fsp3) is 0.200. The summed E-state index contributed by atoms with van der Waals surface area (Å²) in [6, 6.07) is 2.05. The lowest BCUT2D eigenvalue weighted by atomic mass is 10.3. The summed E-state index contributed by atoms with van der Waals surface area (Å²) in [7, 11) is 0. The molecule has 0 aliphatic rings. The molecule has 1 aromatic carbocycles. The first-order valence-electron chi connectivity index (χ1n) is 4.64. The number of carbonyl (C=O) groups excluding carboxylic acids is 1. The number of aromatic amines is 1. The van der Waals surface area contributed by atoms with Crippen molar-refractivity contribution in [1.82, 2.24) is 15.3 Å². The molecule has 2 rings (SSSR count). The van der Waals surface area contributed by atoms with Crippen LogP contribution in [0, 0.1) is 11.6 Å². The number of nitrogens with one attached hydrogen (secondary N) is 2. The number of carbonyl (C=O) groups is 1. The molecule has 0 aliphatic carbocycles. The van der Waals surface area contributed by atoms with Gasteiger partial charge in [0.2, 0.25) is 5.91 Å². The quantitative estimate of drug-likeness (QED) is 0.813. The summed E-state index contributed by atoms with van der Waals surface area (Å²) in [4.78, 5) is 17.5. The van der Waals surface area contributed by atoms with E-state index < -0.39 is 11.6 Å². The van der Waals surface area contributed by atoms with Crippen LogP contribution in [0.25, 0.3) is 11.0 Å². The van der Waals surface area contributed by atoms with Crippen LogP contribution in [0.2, 0.25) is 0 Å². The van der Waals surface area contributed by atoms with E-state index in [1.165, 1.54) is 6.92 Å². The summed E-state index contributed by atoms with van der Waals surface area (Å²) in [6.07, 6.45) is 0. The van der Waals surface area contributed by atoms with E-state index in [1.54, 1.807) is 0 Å². The van der Waals surface area contributed by atoms with Crippen molar-refractivity contribution in [2.24, 2.45) is 0 Å². The second kappa shape index (κ2) is 3.88. The predicted molar refractivity (Wildman–Crippen MR) is 53.5 cm³/mol. The van der Waals surface area contributed by atoms with Crippen molar-refractivity contribution in [3.8, 4) is 0 Å². The molecular formula is C10H9F2N3O. The number of benzene rings is 1. The van der Waals surface area contributed by atoms with Crippen LogP contribution in [0.5, 0.6) is 0 Å². The van der Waals surface area contributed by atoms with E-state index in [9.17, 15) is 13.6 Å². The van der Waals surface area contributed by atoms with Crippen LogP contribution in [0.1, 0.15) is 12.7 Å². The maximum Gasteiger partial charge on any atom is 0.217 e. The van der Waals surface area contributed by atoms with Gasteiger partial charge in [0.15, 0.2) is 11.6 Å². The molecule has 4 nitrogen and oxygen atoms in total. The first kappa shape index (κ1) is 10.5. The maximum absolute atomic E-state index is 12.9. The molecule has 16 heavy (non-hydrogen) atoms. The predicted octanol–water partition coefficient (Wildman–Crippen LogP) is 1.48. The van der Waals surface area contributed by atoms with E-state index in [4.69, 9.17) is 0 Å². The number of hydrogen-bond donors (Lipinski definition) is 2. The summed E-state index contributed by atoms with van der Waals surface area (Å²) in [5, 5.41) is 2.53. The number of H-pyrrole nitrogens is 1. The monoisotopic (exact) mass is 225 g/mol. The van der Waals surface area contributed by atoms with Crippen molar-refractivity contribution in [2.45, 2.75) is 13.5 Å². The van der Waals surface area contributed by atoms with Gasteiger partial charge >= 0.3 is 0 Å². The molecule has 84 valence electrons. The van der Waals surface area contributed by atoms with E-state index in [1.807, 2.05) is 0 Å². The maximum atomic E-state index is 12.9. The van der Waals surface area contributed by atoms with Crippen LogP contribution in [-0.4, -0.2) is 15.9 Å². The summed E-state index contributed by atoms with van der Waals surface area (Å²) in [5.74, 6) is -1.61. The number of rotatable bonds is 2. The molecule has 0 unspecified atom stereocenters. The fourth-order valence-corrected chi connectivity index (χ4v) is 1.35. The molecule has 0 saturated heterocycles. The SMILES string of the molecule is CC(=O)NCc1nc2cc(F)c(F)cc2[nH]1. The van der Waals surface area contributed by atoms with Crippen molar-refractivity contribution < 1.29 is 13.6 Å². The highest BCUT2D eigenvalue weighted by Gasteiger charge is 2.08. The van der Waals surface area contributed by atoms with E-state index >= 15 is 0 Å². The highest BCUT2D eigenvalue weighted by molar-refractivity contribution is 5.75. The Morgan fingerprint density at radius 1 is 1.44 bits per heavy atom. The molecule has 1 heterocycles.